The number of nitrogens with zero attached hydrogens (tertiary/aromatic N) is 3. The van der Waals surface area contributed by atoms with E-state index < -0.39 is 4.92 Å². The van der Waals surface area contributed by atoms with Crippen LogP contribution in [0.1, 0.15) is 21.5 Å². The minimum Gasteiger partial charge on any atom is -0.489 e. The molecule has 0 aliphatic heterocycles. The van der Waals surface area contributed by atoms with Crippen molar-refractivity contribution in [2.45, 2.75) is 20.1 Å². The molecule has 1 N–H and O–H groups in total. The fraction of sp³-hybridized carbons (Fsp3) is 0.200. The van der Waals surface area contributed by atoms with Crippen molar-refractivity contribution in [1.29, 1.82) is 0 Å². The Morgan fingerprint density at radius 1 is 1.31 bits per heavy atom. The first-order valence-electron chi connectivity index (χ1n) is 8.85. The molecule has 2 aromatic carbocycles. The number of benzene rings is 2. The van der Waals surface area contributed by atoms with Crippen molar-refractivity contribution in [3.05, 3.63) is 86.7 Å². The zero-order chi connectivity index (χ0) is 20.8. The van der Waals surface area contributed by atoms with Crippen LogP contribution in [0.15, 0.2) is 54.9 Å². The van der Waals surface area contributed by atoms with Crippen molar-refractivity contribution in [3.63, 3.8) is 0 Å². The number of aryl methyl sites for hydroxylation is 1. The van der Waals surface area contributed by atoms with Gasteiger partial charge >= 0.3 is 5.69 Å². The van der Waals surface area contributed by atoms with Crippen molar-refractivity contribution in [1.82, 2.24) is 15.1 Å². The lowest BCUT2D eigenvalue weighted by Crippen LogP contribution is -2.27. The van der Waals surface area contributed by atoms with Gasteiger partial charge in [0, 0.05) is 17.1 Å². The third kappa shape index (κ3) is 5.55. The Morgan fingerprint density at radius 3 is 2.86 bits per heavy atom. The number of hydrogen-bond donors (Lipinski definition) is 1. The molecule has 0 saturated heterocycles. The lowest BCUT2D eigenvalue weighted by Gasteiger charge is -2.11. The maximum absolute atomic E-state index is 12.4. The molecule has 0 bridgehead atoms. The fourth-order valence-electron chi connectivity index (χ4n) is 2.69. The van der Waals surface area contributed by atoms with Crippen LogP contribution in [-0.2, 0) is 13.2 Å². The highest BCUT2D eigenvalue weighted by molar-refractivity contribution is 6.30. The summed E-state index contributed by atoms with van der Waals surface area (Å²) in [6.45, 7) is 2.86. The molecule has 0 aliphatic carbocycles. The molecule has 9 heteroatoms. The molecule has 0 aliphatic rings. The number of ether oxygens (including phenoxy) is 1. The smallest absolute Gasteiger partial charge is 0.306 e. The third-order valence-electron chi connectivity index (χ3n) is 4.18. The summed E-state index contributed by atoms with van der Waals surface area (Å²) in [5, 5.41) is 18.0. The summed E-state index contributed by atoms with van der Waals surface area (Å²) >= 11 is 5.95. The van der Waals surface area contributed by atoms with Crippen LogP contribution in [0, 0.1) is 17.0 Å². The first-order chi connectivity index (χ1) is 13.9. The van der Waals surface area contributed by atoms with Crippen LogP contribution in [0.25, 0.3) is 0 Å². The highest BCUT2D eigenvalue weighted by Gasteiger charge is 2.10. The van der Waals surface area contributed by atoms with Gasteiger partial charge in [-0.25, -0.2) is 0 Å². The largest absolute Gasteiger partial charge is 0.489 e. The highest BCUT2D eigenvalue weighted by Crippen LogP contribution is 2.22. The van der Waals surface area contributed by atoms with E-state index in [0.717, 1.165) is 16.9 Å². The van der Waals surface area contributed by atoms with Gasteiger partial charge in [-0.05, 0) is 48.4 Å². The number of hydrogen-bond acceptors (Lipinski definition) is 5. The zero-order valence-corrected chi connectivity index (χ0v) is 16.4. The summed E-state index contributed by atoms with van der Waals surface area (Å²) in [6, 6.07) is 12.6. The van der Waals surface area contributed by atoms with Crippen LogP contribution in [0.3, 0.4) is 0 Å². The minimum absolute atomic E-state index is 0.0834. The van der Waals surface area contributed by atoms with Gasteiger partial charge in [0.25, 0.3) is 5.91 Å². The van der Waals surface area contributed by atoms with Gasteiger partial charge in [-0.3, -0.25) is 19.6 Å². The van der Waals surface area contributed by atoms with E-state index in [2.05, 4.69) is 10.4 Å². The van der Waals surface area contributed by atoms with Gasteiger partial charge in [0.05, 0.1) is 11.5 Å². The van der Waals surface area contributed by atoms with Gasteiger partial charge < -0.3 is 10.1 Å². The van der Waals surface area contributed by atoms with Crippen LogP contribution in [-0.4, -0.2) is 27.2 Å². The van der Waals surface area contributed by atoms with Gasteiger partial charge in [0.15, 0.2) is 0 Å². The molecule has 1 heterocycles. The van der Waals surface area contributed by atoms with E-state index in [1.165, 1.54) is 17.1 Å². The van der Waals surface area contributed by atoms with E-state index in [9.17, 15) is 14.9 Å². The van der Waals surface area contributed by atoms with Gasteiger partial charge in [-0.15, -0.1) is 0 Å². The Balaban J connectivity index is 1.53. The molecule has 0 fully saturated rings. The normalized spacial score (nSPS) is 10.6. The summed E-state index contributed by atoms with van der Waals surface area (Å²) in [5.74, 6) is 0.494. The van der Waals surface area contributed by atoms with Crippen molar-refractivity contribution < 1.29 is 14.5 Å². The summed E-state index contributed by atoms with van der Waals surface area (Å²) < 4.78 is 7.23. The molecule has 0 saturated carbocycles. The fourth-order valence-corrected chi connectivity index (χ4v) is 2.92. The summed E-state index contributed by atoms with van der Waals surface area (Å²) in [4.78, 5) is 22.5. The zero-order valence-electron chi connectivity index (χ0n) is 15.7. The van der Waals surface area contributed by atoms with Crippen LogP contribution in [0.5, 0.6) is 5.75 Å². The quantitative estimate of drug-likeness (QED) is 0.447. The predicted molar refractivity (Wildman–Crippen MR) is 108 cm³/mol. The summed E-state index contributed by atoms with van der Waals surface area (Å²) in [7, 11) is 0. The van der Waals surface area contributed by atoms with Crippen LogP contribution in [0.2, 0.25) is 5.02 Å². The molecule has 29 heavy (non-hydrogen) atoms. The van der Waals surface area contributed by atoms with Crippen LogP contribution in [0.4, 0.5) is 5.69 Å². The number of carbonyl (C=O) groups excluding carboxylic acids is 1. The molecule has 150 valence electrons. The second-order valence-electron chi connectivity index (χ2n) is 6.37. The molecule has 3 aromatic rings. The first-order valence-corrected chi connectivity index (χ1v) is 9.23. The van der Waals surface area contributed by atoms with Crippen LogP contribution < -0.4 is 10.1 Å². The number of carbonyl (C=O) groups is 1. The number of nitrogens with one attached hydrogen (secondary N) is 1. The SMILES string of the molecule is Cc1cc(Cl)ccc1OCc1cccc(C(=O)NCCn2cc([N+](=O)[O-])cn2)c1. The standard InChI is InChI=1S/C20H19ClN4O4/c1-14-9-17(21)5-6-19(14)29-13-15-3-2-4-16(10-15)20(26)22-7-8-24-12-18(11-23-24)25(27)28/h2-6,9-12H,7-8,13H2,1H3,(H,22,26). The number of aromatic nitrogens is 2. The summed E-state index contributed by atoms with van der Waals surface area (Å²) in [6.07, 6.45) is 2.50. The van der Waals surface area contributed by atoms with Crippen LogP contribution >= 0.6 is 11.6 Å². The molecule has 0 unspecified atom stereocenters. The molecule has 3 rings (SSSR count). The lowest BCUT2D eigenvalue weighted by molar-refractivity contribution is -0.385. The topological polar surface area (TPSA) is 99.3 Å². The Hall–Kier alpha value is -3.39. The van der Waals surface area contributed by atoms with Gasteiger partial charge in [-0.2, -0.15) is 5.10 Å². The molecule has 0 spiro atoms. The lowest BCUT2D eigenvalue weighted by atomic mass is 10.1. The maximum atomic E-state index is 12.4. The number of rotatable bonds is 8. The van der Waals surface area contributed by atoms with Gasteiger partial charge in [0.2, 0.25) is 0 Å². The minimum atomic E-state index is -0.513. The van der Waals surface area contributed by atoms with E-state index in [1.54, 1.807) is 24.3 Å². The van der Waals surface area contributed by atoms with E-state index in [4.69, 9.17) is 16.3 Å². The third-order valence-corrected chi connectivity index (χ3v) is 4.41. The number of nitro groups is 1. The van der Waals surface area contributed by atoms with E-state index >= 15 is 0 Å². The first kappa shape index (κ1) is 20.3. The average molecular weight is 415 g/mol. The average Bonchev–Trinajstić information content (AvgIpc) is 3.17. The molecular formula is C20H19ClN4O4. The number of amides is 1. The second-order valence-corrected chi connectivity index (χ2v) is 6.81. The molecule has 8 nitrogen and oxygen atoms in total. The summed E-state index contributed by atoms with van der Waals surface area (Å²) in [5.41, 5.74) is 2.21. The van der Waals surface area contributed by atoms with Crippen molar-refractivity contribution in [2.75, 3.05) is 6.54 Å². The Morgan fingerprint density at radius 2 is 2.14 bits per heavy atom. The molecule has 1 amide bonds. The van der Waals surface area contributed by atoms with E-state index in [-0.39, 0.29) is 11.6 Å². The van der Waals surface area contributed by atoms with Gasteiger partial charge in [-0.1, -0.05) is 23.7 Å². The Labute approximate surface area is 172 Å². The second kappa shape index (κ2) is 9.20. The van der Waals surface area contributed by atoms with E-state index in [1.807, 2.05) is 25.1 Å². The van der Waals surface area contributed by atoms with E-state index in [0.29, 0.717) is 30.3 Å². The van der Waals surface area contributed by atoms with Crippen molar-refractivity contribution in [3.8, 4) is 5.75 Å². The number of halogens is 1. The molecule has 1 aromatic heterocycles. The van der Waals surface area contributed by atoms with Crippen molar-refractivity contribution in [2.24, 2.45) is 0 Å². The Bertz CT molecular complexity index is 1030. The van der Waals surface area contributed by atoms with Crippen molar-refractivity contribution >= 4 is 23.2 Å². The molecule has 0 atom stereocenters. The molecular weight excluding hydrogens is 396 g/mol. The monoisotopic (exact) mass is 414 g/mol. The maximum Gasteiger partial charge on any atom is 0.306 e. The molecule has 0 radical (unpaired) electrons. The highest BCUT2D eigenvalue weighted by atomic mass is 35.5. The van der Waals surface area contributed by atoms with Gasteiger partial charge in [0.1, 0.15) is 24.8 Å². The predicted octanol–water partition coefficient (Wildman–Crippen LogP) is 3.76. The Kier molecular flexibility index (Phi) is 6.46.